The van der Waals surface area contributed by atoms with Gasteiger partial charge >= 0.3 is 0 Å². The Labute approximate surface area is 57.8 Å². The van der Waals surface area contributed by atoms with Crippen molar-refractivity contribution >= 4 is 0 Å². The average Bonchev–Trinajstić information content (AvgIpc) is 1.88. The van der Waals surface area contributed by atoms with Crippen LogP contribution in [0.15, 0.2) is 0 Å². The molecule has 1 aliphatic rings. The summed E-state index contributed by atoms with van der Waals surface area (Å²) in [5.41, 5.74) is 0. The van der Waals surface area contributed by atoms with Gasteiger partial charge in [-0.15, -0.1) is 0 Å². The molecule has 0 aromatic heterocycles. The molecule has 1 saturated heterocycles. The maximum Gasteiger partial charge on any atom is 0.0784 e. The van der Waals surface area contributed by atoms with Crippen LogP contribution in [-0.4, -0.2) is 13.1 Å². The first-order valence-electron chi connectivity index (χ1n) is 4.14. The number of hydrogen-bond donors (Lipinski definition) is 1. The van der Waals surface area contributed by atoms with Gasteiger partial charge in [0, 0.05) is 11.8 Å². The third-order valence-electron chi connectivity index (χ3n) is 2.38. The Morgan fingerprint density at radius 3 is 2.67 bits per heavy atom. The normalized spacial score (nSPS) is 36.7. The molecule has 2 unspecified atom stereocenters. The summed E-state index contributed by atoms with van der Waals surface area (Å²) >= 11 is 0. The molecule has 1 rings (SSSR count). The van der Waals surface area contributed by atoms with Crippen LogP contribution in [0.3, 0.4) is 0 Å². The monoisotopic (exact) mass is 128 g/mol. The number of piperidine rings is 1. The summed E-state index contributed by atoms with van der Waals surface area (Å²) in [7, 11) is 0. The molecule has 1 fully saturated rings. The van der Waals surface area contributed by atoms with Crippen molar-refractivity contribution in [3.05, 3.63) is 0 Å². The predicted molar refractivity (Wildman–Crippen MR) is 39.2 cm³/mol. The van der Waals surface area contributed by atoms with E-state index in [0.29, 0.717) is 0 Å². The molecule has 0 aromatic carbocycles. The molecule has 2 atom stereocenters. The van der Waals surface area contributed by atoms with Crippen molar-refractivity contribution in [3.63, 3.8) is 0 Å². The topological polar surface area (TPSA) is 16.6 Å². The van der Waals surface area contributed by atoms with E-state index in [0.717, 1.165) is 11.8 Å². The van der Waals surface area contributed by atoms with Crippen molar-refractivity contribution in [2.24, 2.45) is 11.8 Å². The zero-order chi connectivity index (χ0) is 6.69. The molecular weight excluding hydrogens is 110 g/mol. The van der Waals surface area contributed by atoms with Gasteiger partial charge in [0.05, 0.1) is 13.1 Å². The molecule has 0 bridgehead atoms. The minimum atomic E-state index is 0.962. The van der Waals surface area contributed by atoms with E-state index < -0.39 is 0 Å². The lowest BCUT2D eigenvalue weighted by Gasteiger charge is -2.23. The van der Waals surface area contributed by atoms with E-state index >= 15 is 0 Å². The van der Waals surface area contributed by atoms with E-state index in [2.05, 4.69) is 19.2 Å². The highest BCUT2D eigenvalue weighted by Gasteiger charge is 2.18. The molecule has 1 heteroatoms. The Morgan fingerprint density at radius 1 is 1.44 bits per heavy atom. The molecule has 0 radical (unpaired) electrons. The number of rotatable bonds is 1. The van der Waals surface area contributed by atoms with Crippen LogP contribution in [0.5, 0.6) is 0 Å². The van der Waals surface area contributed by atoms with E-state index in [1.165, 1.54) is 25.9 Å². The molecule has 9 heavy (non-hydrogen) atoms. The third-order valence-corrected chi connectivity index (χ3v) is 2.38. The fourth-order valence-electron chi connectivity index (χ4n) is 1.71. The lowest BCUT2D eigenvalue weighted by molar-refractivity contribution is -0.675. The van der Waals surface area contributed by atoms with Crippen LogP contribution in [0.1, 0.15) is 26.7 Å². The van der Waals surface area contributed by atoms with E-state index in [4.69, 9.17) is 0 Å². The van der Waals surface area contributed by atoms with Crippen LogP contribution in [0.4, 0.5) is 0 Å². The van der Waals surface area contributed by atoms with Gasteiger partial charge in [-0.25, -0.2) is 0 Å². The minimum absolute atomic E-state index is 0.962. The van der Waals surface area contributed by atoms with Crippen LogP contribution in [0, 0.1) is 11.8 Å². The summed E-state index contributed by atoms with van der Waals surface area (Å²) < 4.78 is 0. The van der Waals surface area contributed by atoms with Crippen LogP contribution in [0.25, 0.3) is 0 Å². The maximum atomic E-state index is 2.46. The van der Waals surface area contributed by atoms with Crippen LogP contribution < -0.4 is 5.32 Å². The smallest absolute Gasteiger partial charge is 0.0784 e. The van der Waals surface area contributed by atoms with Crippen LogP contribution >= 0.6 is 0 Å². The summed E-state index contributed by atoms with van der Waals surface area (Å²) in [6.45, 7) is 7.40. The van der Waals surface area contributed by atoms with Gasteiger partial charge in [-0.05, 0) is 12.8 Å². The van der Waals surface area contributed by atoms with Gasteiger partial charge in [-0.3, -0.25) is 0 Å². The summed E-state index contributed by atoms with van der Waals surface area (Å²) in [4.78, 5) is 0. The van der Waals surface area contributed by atoms with Crippen molar-refractivity contribution in [1.29, 1.82) is 0 Å². The molecule has 0 spiro atoms. The molecule has 1 nitrogen and oxygen atoms in total. The lowest BCUT2D eigenvalue weighted by atomic mass is 9.90. The molecule has 54 valence electrons. The van der Waals surface area contributed by atoms with Gasteiger partial charge < -0.3 is 5.32 Å². The second kappa shape index (κ2) is 3.21. The molecule has 0 aromatic rings. The van der Waals surface area contributed by atoms with Crippen LogP contribution in [-0.2, 0) is 0 Å². The Balaban J connectivity index is 2.23. The Kier molecular flexibility index (Phi) is 2.52. The first-order valence-corrected chi connectivity index (χ1v) is 4.14. The van der Waals surface area contributed by atoms with E-state index in [9.17, 15) is 0 Å². The standard InChI is InChI=1S/C8H17N/c1-3-8-4-7(2)5-9-6-8/h7-9H,3-6H2,1-2H3/p+1. The van der Waals surface area contributed by atoms with Gasteiger partial charge in [-0.2, -0.15) is 0 Å². The van der Waals surface area contributed by atoms with Crippen molar-refractivity contribution in [2.75, 3.05) is 13.1 Å². The molecule has 0 aliphatic carbocycles. The predicted octanol–water partition coefficient (Wildman–Crippen LogP) is 0.616. The highest BCUT2D eigenvalue weighted by atomic mass is 14.9. The summed E-state index contributed by atoms with van der Waals surface area (Å²) in [6.07, 6.45) is 2.84. The number of hydrogen-bond acceptors (Lipinski definition) is 0. The first kappa shape index (κ1) is 7.07. The average molecular weight is 128 g/mol. The summed E-state index contributed by atoms with van der Waals surface area (Å²) in [5, 5.41) is 2.46. The maximum absolute atomic E-state index is 2.46. The van der Waals surface area contributed by atoms with Gasteiger partial charge in [0.2, 0.25) is 0 Å². The van der Waals surface area contributed by atoms with Crippen molar-refractivity contribution in [3.8, 4) is 0 Å². The fourth-order valence-corrected chi connectivity index (χ4v) is 1.71. The zero-order valence-corrected chi connectivity index (χ0v) is 6.56. The minimum Gasteiger partial charge on any atom is -0.346 e. The molecule has 0 amide bonds. The summed E-state index contributed by atoms with van der Waals surface area (Å²) in [6, 6.07) is 0. The Hall–Kier alpha value is -0.0400. The second-order valence-corrected chi connectivity index (χ2v) is 3.38. The number of nitrogens with two attached hydrogens (primary N) is 1. The fraction of sp³-hybridized carbons (Fsp3) is 1.00. The lowest BCUT2D eigenvalue weighted by Crippen LogP contribution is -2.88. The highest BCUT2D eigenvalue weighted by Crippen LogP contribution is 2.14. The Bertz CT molecular complexity index is 80.6. The van der Waals surface area contributed by atoms with Gasteiger partial charge in [0.1, 0.15) is 0 Å². The van der Waals surface area contributed by atoms with Crippen molar-refractivity contribution in [1.82, 2.24) is 0 Å². The van der Waals surface area contributed by atoms with Gasteiger partial charge in [0.15, 0.2) is 0 Å². The zero-order valence-electron chi connectivity index (χ0n) is 6.56. The van der Waals surface area contributed by atoms with E-state index in [-0.39, 0.29) is 0 Å². The molecule has 1 heterocycles. The van der Waals surface area contributed by atoms with Gasteiger partial charge in [0.25, 0.3) is 0 Å². The van der Waals surface area contributed by atoms with E-state index in [1.54, 1.807) is 0 Å². The molecular formula is C8H18N+. The molecule has 2 N–H and O–H groups in total. The molecule has 1 aliphatic heterocycles. The Morgan fingerprint density at radius 2 is 2.22 bits per heavy atom. The largest absolute Gasteiger partial charge is 0.346 e. The quantitative estimate of drug-likeness (QED) is 0.533. The molecule has 0 saturated carbocycles. The van der Waals surface area contributed by atoms with Crippen molar-refractivity contribution in [2.45, 2.75) is 26.7 Å². The van der Waals surface area contributed by atoms with Crippen LogP contribution in [0.2, 0.25) is 0 Å². The number of quaternary nitrogens is 1. The second-order valence-electron chi connectivity index (χ2n) is 3.38. The highest BCUT2D eigenvalue weighted by molar-refractivity contribution is 4.62. The summed E-state index contributed by atoms with van der Waals surface area (Å²) in [5.74, 6) is 1.97. The van der Waals surface area contributed by atoms with Gasteiger partial charge in [-0.1, -0.05) is 13.8 Å². The first-order chi connectivity index (χ1) is 4.33. The third kappa shape index (κ3) is 1.98. The van der Waals surface area contributed by atoms with Crippen molar-refractivity contribution < 1.29 is 5.32 Å². The SMILES string of the molecule is CCC1C[NH2+]CC(C)C1. The van der Waals surface area contributed by atoms with E-state index in [1.807, 2.05) is 0 Å².